The number of ether oxygens (including phenoxy) is 2. The lowest BCUT2D eigenvalue weighted by atomic mass is 10.1. The van der Waals surface area contributed by atoms with Crippen LogP contribution < -0.4 is 14.4 Å². The first-order chi connectivity index (χ1) is 14.0. The van der Waals surface area contributed by atoms with Crippen LogP contribution in [0.3, 0.4) is 0 Å². The molecule has 150 valence electrons. The summed E-state index contributed by atoms with van der Waals surface area (Å²) in [6.07, 6.45) is 0.354. The maximum atomic E-state index is 12.6. The van der Waals surface area contributed by atoms with Crippen LogP contribution in [-0.2, 0) is 4.79 Å². The summed E-state index contributed by atoms with van der Waals surface area (Å²) < 4.78 is 16.1. The number of methoxy groups -OCH3 is 2. The van der Waals surface area contributed by atoms with Crippen molar-refractivity contribution in [2.45, 2.75) is 26.2 Å². The van der Waals surface area contributed by atoms with Gasteiger partial charge >= 0.3 is 0 Å². The molecule has 3 aromatic rings. The number of amides is 1. The van der Waals surface area contributed by atoms with Crippen LogP contribution in [0.1, 0.15) is 29.3 Å². The summed E-state index contributed by atoms with van der Waals surface area (Å²) in [7, 11) is 3.17. The smallest absolute Gasteiger partial charge is 0.258 e. The molecule has 0 radical (unpaired) electrons. The number of aryl methyl sites for hydroxylation is 2. The number of rotatable bonds is 5. The van der Waals surface area contributed by atoms with E-state index in [9.17, 15) is 4.79 Å². The maximum Gasteiger partial charge on any atom is 0.258 e. The van der Waals surface area contributed by atoms with Crippen LogP contribution in [0.5, 0.6) is 11.5 Å². The van der Waals surface area contributed by atoms with Crippen molar-refractivity contribution in [2.75, 3.05) is 25.7 Å². The standard InChI is InChI=1S/C22H23N3O4/c1-13-5-6-17(7-14(13)2)25-12-16(10-20(25)26)21-23-22(29-24-21)15-8-18(27-3)11-19(9-15)28-4/h5-9,11,16H,10,12H2,1-4H3. The van der Waals surface area contributed by atoms with Crippen molar-refractivity contribution >= 4 is 11.6 Å². The Morgan fingerprint density at radius 3 is 2.41 bits per heavy atom. The molecule has 1 unspecified atom stereocenters. The zero-order valence-electron chi connectivity index (χ0n) is 16.9. The van der Waals surface area contributed by atoms with Gasteiger partial charge in [0.15, 0.2) is 5.82 Å². The van der Waals surface area contributed by atoms with Gasteiger partial charge in [0.2, 0.25) is 5.91 Å². The van der Waals surface area contributed by atoms with Crippen LogP contribution in [0.15, 0.2) is 40.9 Å². The molecule has 0 bridgehead atoms. The fourth-order valence-corrected chi connectivity index (χ4v) is 3.47. The third-order valence-electron chi connectivity index (χ3n) is 5.33. The highest BCUT2D eigenvalue weighted by atomic mass is 16.5. The van der Waals surface area contributed by atoms with Gasteiger partial charge in [0.25, 0.3) is 5.89 Å². The van der Waals surface area contributed by atoms with Gasteiger partial charge in [-0.25, -0.2) is 0 Å². The molecule has 4 rings (SSSR count). The number of anilines is 1. The molecule has 2 heterocycles. The minimum absolute atomic E-state index is 0.0626. The molecule has 0 aliphatic carbocycles. The summed E-state index contributed by atoms with van der Waals surface area (Å²) in [6.45, 7) is 4.63. The Morgan fingerprint density at radius 1 is 1.03 bits per heavy atom. The van der Waals surface area contributed by atoms with Crippen molar-refractivity contribution in [3.8, 4) is 23.0 Å². The Hall–Kier alpha value is -3.35. The van der Waals surface area contributed by atoms with E-state index in [0.717, 1.165) is 11.3 Å². The Kier molecular flexibility index (Phi) is 4.96. The molecule has 1 fully saturated rings. The van der Waals surface area contributed by atoms with Crippen LogP contribution in [0.25, 0.3) is 11.5 Å². The number of hydrogen-bond acceptors (Lipinski definition) is 6. The number of carbonyl (C=O) groups is 1. The Bertz CT molecular complexity index is 1040. The van der Waals surface area contributed by atoms with Crippen molar-refractivity contribution in [3.63, 3.8) is 0 Å². The maximum absolute atomic E-state index is 12.6. The molecule has 1 aliphatic heterocycles. The van der Waals surface area contributed by atoms with Gasteiger partial charge in [-0.15, -0.1) is 0 Å². The predicted molar refractivity (Wildman–Crippen MR) is 108 cm³/mol. The lowest BCUT2D eigenvalue weighted by Crippen LogP contribution is -2.24. The highest BCUT2D eigenvalue weighted by Gasteiger charge is 2.34. The number of aromatic nitrogens is 2. The molecule has 29 heavy (non-hydrogen) atoms. The van der Waals surface area contributed by atoms with E-state index in [1.165, 1.54) is 5.56 Å². The summed E-state index contributed by atoms with van der Waals surface area (Å²) in [6, 6.07) is 11.4. The quantitative estimate of drug-likeness (QED) is 0.654. The Morgan fingerprint density at radius 2 is 1.76 bits per heavy atom. The zero-order valence-corrected chi connectivity index (χ0v) is 16.9. The average molecular weight is 393 g/mol. The van der Waals surface area contributed by atoms with E-state index in [0.29, 0.717) is 41.7 Å². The molecule has 2 aromatic carbocycles. The van der Waals surface area contributed by atoms with Gasteiger partial charge in [-0.2, -0.15) is 4.98 Å². The summed E-state index contributed by atoms with van der Waals surface area (Å²) in [4.78, 5) is 18.9. The Balaban J connectivity index is 1.57. The van der Waals surface area contributed by atoms with Gasteiger partial charge in [0.05, 0.1) is 14.2 Å². The normalized spacial score (nSPS) is 16.3. The predicted octanol–water partition coefficient (Wildman–Crippen LogP) is 3.89. The third-order valence-corrected chi connectivity index (χ3v) is 5.33. The van der Waals surface area contributed by atoms with Gasteiger partial charge in [-0.05, 0) is 49.2 Å². The first-order valence-electron chi connectivity index (χ1n) is 9.43. The summed E-state index contributed by atoms with van der Waals surface area (Å²) in [5.74, 6) is 2.12. The van der Waals surface area contributed by atoms with Crippen LogP contribution in [-0.4, -0.2) is 36.8 Å². The molecule has 1 atom stereocenters. The number of nitrogens with zero attached hydrogens (tertiary/aromatic N) is 3. The molecule has 7 heteroatoms. The van der Waals surface area contributed by atoms with Crippen molar-refractivity contribution in [3.05, 3.63) is 53.3 Å². The minimum Gasteiger partial charge on any atom is -0.497 e. The number of hydrogen-bond donors (Lipinski definition) is 0. The second-order valence-electron chi connectivity index (χ2n) is 7.23. The fourth-order valence-electron chi connectivity index (χ4n) is 3.47. The van der Waals surface area contributed by atoms with Gasteiger partial charge in [0.1, 0.15) is 11.5 Å². The average Bonchev–Trinajstić information content (AvgIpc) is 3.36. The topological polar surface area (TPSA) is 77.7 Å². The SMILES string of the molecule is COc1cc(OC)cc(-c2nc(C3CC(=O)N(c4ccc(C)c(C)c4)C3)no2)c1. The van der Waals surface area contributed by atoms with E-state index in [4.69, 9.17) is 14.0 Å². The van der Waals surface area contributed by atoms with Gasteiger partial charge in [0, 0.05) is 36.2 Å². The van der Waals surface area contributed by atoms with Crippen LogP contribution >= 0.6 is 0 Å². The highest BCUT2D eigenvalue weighted by molar-refractivity contribution is 5.96. The van der Waals surface area contributed by atoms with Crippen molar-refractivity contribution < 1.29 is 18.8 Å². The lowest BCUT2D eigenvalue weighted by molar-refractivity contribution is -0.117. The molecular weight excluding hydrogens is 370 g/mol. The zero-order chi connectivity index (χ0) is 20.5. The monoisotopic (exact) mass is 393 g/mol. The van der Waals surface area contributed by atoms with E-state index in [-0.39, 0.29) is 11.8 Å². The molecule has 7 nitrogen and oxygen atoms in total. The molecule has 1 saturated heterocycles. The van der Waals surface area contributed by atoms with E-state index >= 15 is 0 Å². The summed E-state index contributed by atoms with van der Waals surface area (Å²) >= 11 is 0. The third kappa shape index (κ3) is 3.68. The van der Waals surface area contributed by atoms with Gasteiger partial charge in [-0.3, -0.25) is 4.79 Å². The molecule has 0 N–H and O–H groups in total. The fraction of sp³-hybridized carbons (Fsp3) is 0.318. The van der Waals surface area contributed by atoms with Crippen LogP contribution in [0, 0.1) is 13.8 Å². The minimum atomic E-state index is -0.117. The van der Waals surface area contributed by atoms with E-state index in [1.54, 1.807) is 37.3 Å². The number of benzene rings is 2. The lowest BCUT2D eigenvalue weighted by Gasteiger charge is -2.17. The van der Waals surface area contributed by atoms with Crippen molar-refractivity contribution in [1.29, 1.82) is 0 Å². The van der Waals surface area contributed by atoms with E-state index in [2.05, 4.69) is 17.1 Å². The molecule has 0 spiro atoms. The molecular formula is C22H23N3O4. The van der Waals surface area contributed by atoms with Crippen molar-refractivity contribution in [2.24, 2.45) is 0 Å². The summed E-state index contributed by atoms with van der Waals surface area (Å²) in [5, 5.41) is 4.13. The first-order valence-corrected chi connectivity index (χ1v) is 9.43. The molecule has 0 saturated carbocycles. The van der Waals surface area contributed by atoms with E-state index in [1.807, 2.05) is 25.1 Å². The van der Waals surface area contributed by atoms with Crippen LogP contribution in [0.4, 0.5) is 5.69 Å². The number of carbonyl (C=O) groups excluding carboxylic acids is 1. The van der Waals surface area contributed by atoms with Gasteiger partial charge < -0.3 is 18.9 Å². The Labute approximate surface area is 169 Å². The molecule has 1 amide bonds. The van der Waals surface area contributed by atoms with Crippen LogP contribution in [0.2, 0.25) is 0 Å². The highest BCUT2D eigenvalue weighted by Crippen LogP contribution is 2.33. The van der Waals surface area contributed by atoms with Gasteiger partial charge in [-0.1, -0.05) is 11.2 Å². The first kappa shape index (κ1) is 19.0. The summed E-state index contributed by atoms with van der Waals surface area (Å²) in [5.41, 5.74) is 3.97. The largest absolute Gasteiger partial charge is 0.497 e. The molecule has 1 aromatic heterocycles. The molecule has 1 aliphatic rings. The van der Waals surface area contributed by atoms with E-state index < -0.39 is 0 Å². The second kappa shape index (κ2) is 7.58. The van der Waals surface area contributed by atoms with Crippen molar-refractivity contribution in [1.82, 2.24) is 10.1 Å². The second-order valence-corrected chi connectivity index (χ2v) is 7.23.